The van der Waals surface area contributed by atoms with Gasteiger partial charge in [-0.05, 0) is 31.0 Å². The maximum Gasteiger partial charge on any atom is 0.361 e. The van der Waals surface area contributed by atoms with Crippen molar-refractivity contribution in [1.29, 1.82) is 0 Å². The summed E-state index contributed by atoms with van der Waals surface area (Å²) in [4.78, 5) is 0. The van der Waals surface area contributed by atoms with Gasteiger partial charge in [-0.2, -0.15) is 0 Å². The van der Waals surface area contributed by atoms with Crippen molar-refractivity contribution in [3.63, 3.8) is 0 Å². The zero-order chi connectivity index (χ0) is 19.5. The first-order valence-corrected chi connectivity index (χ1v) is 13.9. The standard InChI is InChI=1S/C23H48O2Si/c1-6-10-12-13-14-15-16-17-18-19-21-24-26(5,9-4)25-22-23(8-3)20-11-7-2/h9,23H,4,6-8,10-22H2,1-3,5H3. The van der Waals surface area contributed by atoms with Crippen LogP contribution in [0, 0.1) is 5.92 Å². The zero-order valence-corrected chi connectivity index (χ0v) is 19.5. The predicted octanol–water partition coefficient (Wildman–Crippen LogP) is 7.95. The van der Waals surface area contributed by atoms with Crippen molar-refractivity contribution in [3.05, 3.63) is 12.3 Å². The summed E-state index contributed by atoms with van der Waals surface area (Å²) in [6, 6.07) is 0. The molecule has 0 amide bonds. The molecule has 0 aromatic carbocycles. The van der Waals surface area contributed by atoms with E-state index in [4.69, 9.17) is 8.85 Å². The summed E-state index contributed by atoms with van der Waals surface area (Å²) in [6.07, 6.45) is 18.6. The van der Waals surface area contributed by atoms with Crippen molar-refractivity contribution >= 4 is 8.56 Å². The number of rotatable bonds is 20. The highest BCUT2D eigenvalue weighted by Crippen LogP contribution is 2.18. The number of unbranched alkanes of at least 4 members (excludes halogenated alkanes) is 10. The van der Waals surface area contributed by atoms with Crippen LogP contribution in [0.5, 0.6) is 0 Å². The van der Waals surface area contributed by atoms with Crippen LogP contribution in [0.15, 0.2) is 12.3 Å². The molecule has 0 heterocycles. The van der Waals surface area contributed by atoms with E-state index in [0.717, 1.165) is 19.6 Å². The van der Waals surface area contributed by atoms with Crippen LogP contribution in [-0.2, 0) is 8.85 Å². The van der Waals surface area contributed by atoms with Gasteiger partial charge in [0.2, 0.25) is 0 Å². The van der Waals surface area contributed by atoms with Gasteiger partial charge in [-0.1, -0.05) is 97.8 Å². The minimum Gasteiger partial charge on any atom is -0.391 e. The van der Waals surface area contributed by atoms with E-state index in [-0.39, 0.29) is 0 Å². The zero-order valence-electron chi connectivity index (χ0n) is 18.5. The van der Waals surface area contributed by atoms with Crippen molar-refractivity contribution in [2.75, 3.05) is 13.2 Å². The summed E-state index contributed by atoms with van der Waals surface area (Å²) in [5.41, 5.74) is 1.95. The predicted molar refractivity (Wildman–Crippen MR) is 119 cm³/mol. The Bertz CT molecular complexity index is 309. The van der Waals surface area contributed by atoms with Gasteiger partial charge in [0, 0.05) is 13.2 Å². The maximum absolute atomic E-state index is 6.22. The third kappa shape index (κ3) is 15.0. The Morgan fingerprint density at radius 1 is 0.769 bits per heavy atom. The molecule has 3 heteroatoms. The first kappa shape index (κ1) is 25.9. The Balaban J connectivity index is 3.71. The Hall–Kier alpha value is -0.123. The second-order valence-corrected chi connectivity index (χ2v) is 11.0. The Labute approximate surface area is 166 Å². The summed E-state index contributed by atoms with van der Waals surface area (Å²) < 4.78 is 12.4. The van der Waals surface area contributed by atoms with Crippen molar-refractivity contribution < 1.29 is 8.85 Å². The monoisotopic (exact) mass is 384 g/mol. The van der Waals surface area contributed by atoms with Gasteiger partial charge < -0.3 is 8.85 Å². The molecular formula is C23H48O2Si. The Kier molecular flexibility index (Phi) is 18.2. The molecule has 26 heavy (non-hydrogen) atoms. The topological polar surface area (TPSA) is 18.5 Å². The van der Waals surface area contributed by atoms with Gasteiger partial charge >= 0.3 is 8.56 Å². The van der Waals surface area contributed by atoms with Gasteiger partial charge in [0.05, 0.1) is 0 Å². The lowest BCUT2D eigenvalue weighted by atomic mass is 10.0. The Morgan fingerprint density at radius 3 is 1.81 bits per heavy atom. The maximum atomic E-state index is 6.22. The Morgan fingerprint density at radius 2 is 1.31 bits per heavy atom. The van der Waals surface area contributed by atoms with Crippen molar-refractivity contribution in [3.8, 4) is 0 Å². The smallest absolute Gasteiger partial charge is 0.361 e. The molecule has 0 fully saturated rings. The van der Waals surface area contributed by atoms with Crippen LogP contribution >= 0.6 is 0 Å². The second kappa shape index (κ2) is 18.2. The van der Waals surface area contributed by atoms with Crippen molar-refractivity contribution in [1.82, 2.24) is 0 Å². The van der Waals surface area contributed by atoms with Crippen LogP contribution < -0.4 is 0 Å². The fourth-order valence-corrected chi connectivity index (χ4v) is 4.64. The van der Waals surface area contributed by atoms with Gasteiger partial charge in [0.1, 0.15) is 0 Å². The number of hydrogen-bond acceptors (Lipinski definition) is 2. The van der Waals surface area contributed by atoms with E-state index in [2.05, 4.69) is 33.9 Å². The van der Waals surface area contributed by atoms with E-state index in [1.807, 2.05) is 5.70 Å². The van der Waals surface area contributed by atoms with E-state index in [9.17, 15) is 0 Å². The van der Waals surface area contributed by atoms with E-state index in [1.54, 1.807) is 0 Å². The average Bonchev–Trinajstić information content (AvgIpc) is 2.66. The van der Waals surface area contributed by atoms with E-state index in [0.29, 0.717) is 5.92 Å². The quantitative estimate of drug-likeness (QED) is 0.156. The number of hydrogen-bond donors (Lipinski definition) is 0. The fourth-order valence-electron chi connectivity index (χ4n) is 3.21. The molecule has 0 N–H and O–H groups in total. The van der Waals surface area contributed by atoms with Crippen LogP contribution in [-0.4, -0.2) is 21.8 Å². The molecule has 0 saturated heterocycles. The SMILES string of the molecule is C=C[Si](C)(OCCCCCCCCCCCC)OCC(CC)CCCC. The van der Waals surface area contributed by atoms with Crippen LogP contribution in [0.25, 0.3) is 0 Å². The fraction of sp³-hybridized carbons (Fsp3) is 0.913. The molecule has 0 aliphatic rings. The first-order valence-electron chi connectivity index (χ1n) is 11.5. The molecule has 0 aromatic heterocycles. The van der Waals surface area contributed by atoms with Gasteiger partial charge in [-0.3, -0.25) is 0 Å². The van der Waals surface area contributed by atoms with Gasteiger partial charge in [-0.15, -0.1) is 6.58 Å². The minimum absolute atomic E-state index is 0.669. The largest absolute Gasteiger partial charge is 0.391 e. The average molecular weight is 385 g/mol. The van der Waals surface area contributed by atoms with Crippen LogP contribution in [0.3, 0.4) is 0 Å². The highest BCUT2D eigenvalue weighted by atomic mass is 28.4. The summed E-state index contributed by atoms with van der Waals surface area (Å²) in [6.45, 7) is 14.6. The lowest BCUT2D eigenvalue weighted by Crippen LogP contribution is -2.38. The van der Waals surface area contributed by atoms with Crippen LogP contribution in [0.4, 0.5) is 0 Å². The highest BCUT2D eigenvalue weighted by molar-refractivity contribution is 6.71. The van der Waals surface area contributed by atoms with E-state index < -0.39 is 8.56 Å². The van der Waals surface area contributed by atoms with Crippen molar-refractivity contribution in [2.45, 2.75) is 117 Å². The summed E-state index contributed by atoms with van der Waals surface area (Å²) in [5.74, 6) is 0.669. The summed E-state index contributed by atoms with van der Waals surface area (Å²) >= 11 is 0. The second-order valence-electron chi connectivity index (χ2n) is 7.98. The summed E-state index contributed by atoms with van der Waals surface area (Å²) in [5, 5.41) is 0. The van der Waals surface area contributed by atoms with E-state index >= 15 is 0 Å². The lowest BCUT2D eigenvalue weighted by molar-refractivity contribution is 0.150. The molecule has 0 radical (unpaired) electrons. The molecule has 0 aliphatic heterocycles. The molecule has 0 rings (SSSR count). The molecule has 0 saturated carbocycles. The molecule has 0 bridgehead atoms. The first-order chi connectivity index (χ1) is 12.6. The molecular weight excluding hydrogens is 336 g/mol. The van der Waals surface area contributed by atoms with Crippen LogP contribution in [0.2, 0.25) is 6.55 Å². The van der Waals surface area contributed by atoms with Gasteiger partial charge in [0.15, 0.2) is 0 Å². The highest BCUT2D eigenvalue weighted by Gasteiger charge is 2.28. The molecule has 0 aliphatic carbocycles. The third-order valence-electron chi connectivity index (χ3n) is 5.41. The molecule has 156 valence electrons. The molecule has 2 nitrogen and oxygen atoms in total. The lowest BCUT2D eigenvalue weighted by Gasteiger charge is -2.26. The third-order valence-corrected chi connectivity index (χ3v) is 7.67. The summed E-state index contributed by atoms with van der Waals surface area (Å²) in [7, 11) is -2.17. The normalized spacial score (nSPS) is 14.9. The molecule has 0 aromatic rings. The van der Waals surface area contributed by atoms with E-state index in [1.165, 1.54) is 83.5 Å². The molecule has 2 unspecified atom stereocenters. The van der Waals surface area contributed by atoms with Crippen molar-refractivity contribution in [2.24, 2.45) is 5.92 Å². The van der Waals surface area contributed by atoms with Gasteiger partial charge in [0.25, 0.3) is 0 Å². The molecule has 2 atom stereocenters. The molecule has 0 spiro atoms. The van der Waals surface area contributed by atoms with Gasteiger partial charge in [-0.25, -0.2) is 0 Å². The van der Waals surface area contributed by atoms with Crippen LogP contribution in [0.1, 0.15) is 111 Å². The minimum atomic E-state index is -2.17.